The van der Waals surface area contributed by atoms with Gasteiger partial charge in [-0.3, -0.25) is 9.48 Å². The van der Waals surface area contributed by atoms with Crippen molar-refractivity contribution in [3.63, 3.8) is 0 Å². The average Bonchev–Trinajstić information content (AvgIpc) is 3.17. The third-order valence-electron chi connectivity index (χ3n) is 3.79. The molecular weight excluding hydrogens is 430 g/mol. The molecule has 2 aromatic heterocycles. The first-order valence-electron chi connectivity index (χ1n) is 7.83. The number of hydrogen-bond donors (Lipinski definition) is 1. The van der Waals surface area contributed by atoms with Gasteiger partial charge < -0.3 is 5.32 Å². The van der Waals surface area contributed by atoms with Crippen molar-refractivity contribution < 1.29 is 39.9 Å². The lowest BCUT2D eigenvalue weighted by Crippen LogP contribution is -2.20. The maximum atomic E-state index is 14.0. The van der Waals surface area contributed by atoms with Gasteiger partial charge >= 0.3 is 6.18 Å². The molecule has 3 aromatic rings. The Morgan fingerprint density at radius 2 is 1.73 bits per heavy atom. The summed E-state index contributed by atoms with van der Waals surface area (Å²) in [5.74, 6) is -6.14. The fourth-order valence-corrected chi connectivity index (χ4v) is 2.65. The van der Waals surface area contributed by atoms with Crippen LogP contribution in [0.5, 0.6) is 0 Å². The molecule has 160 valence electrons. The molecule has 2 heterocycles. The number of nitrogens with one attached hydrogen (secondary N) is 1. The van der Waals surface area contributed by atoms with Crippen molar-refractivity contribution in [3.8, 4) is 5.69 Å². The summed E-state index contributed by atoms with van der Waals surface area (Å²) in [6, 6.07) is 0.284. The highest BCUT2D eigenvalue weighted by atomic mass is 19.4. The zero-order chi connectivity index (χ0) is 22.4. The minimum atomic E-state index is -5.30. The van der Waals surface area contributed by atoms with Crippen molar-refractivity contribution >= 4 is 11.6 Å². The van der Waals surface area contributed by atoms with Gasteiger partial charge in [0.15, 0.2) is 17.3 Å². The second kappa shape index (κ2) is 7.42. The summed E-state index contributed by atoms with van der Waals surface area (Å²) in [7, 11) is 1.21. The summed E-state index contributed by atoms with van der Waals surface area (Å²) < 4.78 is 108. The van der Waals surface area contributed by atoms with E-state index < -0.39 is 64.3 Å². The van der Waals surface area contributed by atoms with Crippen LogP contribution in [0.4, 0.5) is 40.8 Å². The molecule has 0 unspecified atom stereocenters. The maximum absolute atomic E-state index is 14.0. The van der Waals surface area contributed by atoms with E-state index in [0.29, 0.717) is 6.20 Å². The molecule has 1 aromatic carbocycles. The van der Waals surface area contributed by atoms with Gasteiger partial charge in [0, 0.05) is 25.4 Å². The van der Waals surface area contributed by atoms with E-state index in [1.165, 1.54) is 7.05 Å². The molecule has 30 heavy (non-hydrogen) atoms. The quantitative estimate of drug-likeness (QED) is 0.619. The van der Waals surface area contributed by atoms with Gasteiger partial charge in [-0.2, -0.15) is 23.4 Å². The lowest BCUT2D eigenvalue weighted by atomic mass is 10.2. The second-order valence-corrected chi connectivity index (χ2v) is 5.89. The van der Waals surface area contributed by atoms with E-state index >= 15 is 0 Å². The number of amides is 1. The molecule has 0 fully saturated rings. The van der Waals surface area contributed by atoms with Gasteiger partial charge in [0.25, 0.3) is 12.3 Å². The van der Waals surface area contributed by atoms with Crippen molar-refractivity contribution in [2.45, 2.75) is 12.6 Å². The third-order valence-corrected chi connectivity index (χ3v) is 3.79. The van der Waals surface area contributed by atoms with Crippen LogP contribution >= 0.6 is 0 Å². The van der Waals surface area contributed by atoms with E-state index in [1.54, 1.807) is 5.32 Å². The molecule has 0 aliphatic heterocycles. The number of rotatable bonds is 4. The number of carbonyl (C=O) groups is 1. The van der Waals surface area contributed by atoms with E-state index in [2.05, 4.69) is 10.2 Å². The van der Waals surface area contributed by atoms with Crippen molar-refractivity contribution in [1.82, 2.24) is 19.6 Å². The monoisotopic (exact) mass is 439 g/mol. The number of benzene rings is 1. The van der Waals surface area contributed by atoms with E-state index in [1.807, 2.05) is 0 Å². The van der Waals surface area contributed by atoms with Crippen LogP contribution in [0.25, 0.3) is 5.69 Å². The number of nitrogens with zero attached hydrogens (tertiary/aromatic N) is 4. The van der Waals surface area contributed by atoms with E-state index in [9.17, 15) is 39.9 Å². The number of aromatic nitrogens is 4. The zero-order valence-electron chi connectivity index (χ0n) is 14.6. The fraction of sp³-hybridized carbons (Fsp3) is 0.188. The van der Waals surface area contributed by atoms with Crippen molar-refractivity contribution in [3.05, 3.63) is 58.9 Å². The summed E-state index contributed by atoms with van der Waals surface area (Å²) in [4.78, 5) is 12.3. The molecule has 0 aliphatic rings. The molecule has 3 rings (SSSR count). The molecule has 0 saturated heterocycles. The molecule has 0 aliphatic carbocycles. The number of aryl methyl sites for hydroxylation is 1. The standard InChI is InChI=1S/C16H9F8N5O/c1-28-5-7(11(27-28)14(20)21)15(30)26-10-4-25-29(13(10)16(22,23)24)12-8(18)2-6(17)3-9(12)19/h2-5,14H,1H3,(H,26,30). The SMILES string of the molecule is Cn1cc(C(=O)Nc2cnn(-c3c(F)cc(F)cc3F)c2C(F)(F)F)c(C(F)F)n1. The van der Waals surface area contributed by atoms with Crippen LogP contribution in [-0.4, -0.2) is 25.5 Å². The van der Waals surface area contributed by atoms with Crippen LogP contribution in [0.1, 0.15) is 28.2 Å². The molecule has 1 amide bonds. The van der Waals surface area contributed by atoms with Gasteiger partial charge in [-0.15, -0.1) is 0 Å². The first-order chi connectivity index (χ1) is 13.9. The molecular formula is C16H9F8N5O. The molecule has 0 spiro atoms. The topological polar surface area (TPSA) is 64.7 Å². The molecule has 1 N–H and O–H groups in total. The molecule has 0 saturated carbocycles. The number of anilines is 1. The third kappa shape index (κ3) is 3.84. The average molecular weight is 439 g/mol. The van der Waals surface area contributed by atoms with Crippen molar-refractivity contribution in [1.29, 1.82) is 0 Å². The Kier molecular flexibility index (Phi) is 5.26. The lowest BCUT2D eigenvalue weighted by Gasteiger charge is -2.14. The summed E-state index contributed by atoms with van der Waals surface area (Å²) >= 11 is 0. The minimum absolute atomic E-state index is 0.142. The number of carbonyl (C=O) groups excluding carboxylic acids is 1. The molecule has 14 heteroatoms. The molecule has 0 atom stereocenters. The highest BCUT2D eigenvalue weighted by Crippen LogP contribution is 2.37. The summed E-state index contributed by atoms with van der Waals surface area (Å²) in [6.45, 7) is 0. The Bertz CT molecular complexity index is 1090. The van der Waals surface area contributed by atoms with Crippen molar-refractivity contribution in [2.75, 3.05) is 5.32 Å². The Morgan fingerprint density at radius 1 is 1.13 bits per heavy atom. The Morgan fingerprint density at radius 3 is 2.27 bits per heavy atom. The molecule has 0 radical (unpaired) electrons. The maximum Gasteiger partial charge on any atom is 0.435 e. The highest BCUT2D eigenvalue weighted by molar-refractivity contribution is 6.05. The lowest BCUT2D eigenvalue weighted by molar-refractivity contribution is -0.142. The Balaban J connectivity index is 2.09. The summed E-state index contributed by atoms with van der Waals surface area (Å²) in [6.07, 6.45) is -7.22. The zero-order valence-corrected chi connectivity index (χ0v) is 14.6. The fourth-order valence-electron chi connectivity index (χ4n) is 2.65. The van der Waals surface area contributed by atoms with Gasteiger partial charge in [0.1, 0.15) is 17.2 Å². The van der Waals surface area contributed by atoms with Gasteiger partial charge in [-0.05, 0) is 0 Å². The van der Waals surface area contributed by atoms with Crippen LogP contribution in [0.15, 0.2) is 24.5 Å². The number of hydrogen-bond acceptors (Lipinski definition) is 3. The van der Waals surface area contributed by atoms with Crippen LogP contribution in [0.2, 0.25) is 0 Å². The summed E-state index contributed by atoms with van der Waals surface area (Å²) in [5, 5.41) is 8.32. The number of alkyl halides is 5. The van der Waals surface area contributed by atoms with E-state index in [-0.39, 0.29) is 16.8 Å². The van der Waals surface area contributed by atoms with Crippen molar-refractivity contribution in [2.24, 2.45) is 7.05 Å². The van der Waals surface area contributed by atoms with Gasteiger partial charge in [-0.1, -0.05) is 0 Å². The Hall–Kier alpha value is -3.45. The Labute approximate surface area is 161 Å². The van der Waals surface area contributed by atoms with Gasteiger partial charge in [0.2, 0.25) is 0 Å². The first-order valence-corrected chi connectivity index (χ1v) is 7.83. The van der Waals surface area contributed by atoms with Gasteiger partial charge in [-0.25, -0.2) is 26.6 Å². The predicted octanol–water partition coefficient (Wildman–Crippen LogP) is 4.23. The van der Waals surface area contributed by atoms with Gasteiger partial charge in [0.05, 0.1) is 17.4 Å². The first kappa shape index (κ1) is 21.3. The second-order valence-electron chi connectivity index (χ2n) is 5.89. The van der Waals surface area contributed by atoms with E-state index in [0.717, 1.165) is 10.9 Å². The predicted molar refractivity (Wildman–Crippen MR) is 84.6 cm³/mol. The summed E-state index contributed by atoms with van der Waals surface area (Å²) in [5.41, 5.74) is -5.93. The minimum Gasteiger partial charge on any atom is -0.319 e. The molecule has 6 nitrogen and oxygen atoms in total. The molecule has 0 bridgehead atoms. The number of halogens is 8. The van der Waals surface area contributed by atoms with Crippen LogP contribution in [-0.2, 0) is 13.2 Å². The van der Waals surface area contributed by atoms with Crippen LogP contribution < -0.4 is 5.32 Å². The normalized spacial score (nSPS) is 11.9. The highest BCUT2D eigenvalue weighted by Gasteiger charge is 2.41. The van der Waals surface area contributed by atoms with E-state index in [4.69, 9.17) is 0 Å². The smallest absolute Gasteiger partial charge is 0.319 e. The largest absolute Gasteiger partial charge is 0.435 e. The van der Waals surface area contributed by atoms with Crippen LogP contribution in [0, 0.1) is 17.5 Å². The van der Waals surface area contributed by atoms with Crippen LogP contribution in [0.3, 0.4) is 0 Å².